The van der Waals surface area contributed by atoms with Crippen LogP contribution in [0.2, 0.25) is 0 Å². The molecule has 7 rings (SSSR count). The van der Waals surface area contributed by atoms with Gasteiger partial charge < -0.3 is 0 Å². The second-order valence-electron chi connectivity index (χ2n) is 9.32. The lowest BCUT2D eigenvalue weighted by molar-refractivity contribution is 1.23. The highest BCUT2D eigenvalue weighted by molar-refractivity contribution is 6.15. The van der Waals surface area contributed by atoms with Crippen molar-refractivity contribution < 1.29 is 0 Å². The Hall–Kier alpha value is -5.15. The molecule has 7 aromatic rings. The van der Waals surface area contributed by atoms with Crippen molar-refractivity contribution in [1.29, 1.82) is 0 Å². The molecule has 0 spiro atoms. The van der Waals surface area contributed by atoms with E-state index in [1.165, 1.54) is 16.5 Å². The third-order valence-corrected chi connectivity index (χ3v) is 6.95. The van der Waals surface area contributed by atoms with E-state index in [1.807, 2.05) is 18.3 Å². The summed E-state index contributed by atoms with van der Waals surface area (Å²) >= 11 is 0. The molecule has 0 saturated carbocycles. The summed E-state index contributed by atoms with van der Waals surface area (Å²) in [6.07, 6.45) is 3.68. The second kappa shape index (κ2) is 9.38. The fourth-order valence-corrected chi connectivity index (χ4v) is 5.13. The number of hydrogen-bond acceptors (Lipinski definition) is 3. The van der Waals surface area contributed by atoms with Crippen LogP contribution in [-0.4, -0.2) is 15.0 Å². The monoisotopic (exact) mass is 485 g/mol. The predicted molar refractivity (Wildman–Crippen MR) is 157 cm³/mol. The summed E-state index contributed by atoms with van der Waals surface area (Å²) in [7, 11) is 0. The molecule has 0 fully saturated rings. The van der Waals surface area contributed by atoms with Gasteiger partial charge in [-0.15, -0.1) is 0 Å². The molecule has 0 radical (unpaired) electrons. The minimum atomic E-state index is 0.708. The van der Waals surface area contributed by atoms with Crippen molar-refractivity contribution in [2.24, 2.45) is 0 Å². The molecule has 0 saturated heterocycles. The lowest BCUT2D eigenvalue weighted by Gasteiger charge is -2.15. The Morgan fingerprint density at radius 2 is 1.08 bits per heavy atom. The van der Waals surface area contributed by atoms with Crippen LogP contribution in [0.4, 0.5) is 0 Å². The van der Waals surface area contributed by atoms with Crippen molar-refractivity contribution in [1.82, 2.24) is 15.0 Å². The summed E-state index contributed by atoms with van der Waals surface area (Å²) in [6, 6.07) is 44.1. The zero-order valence-electron chi connectivity index (χ0n) is 20.6. The highest BCUT2D eigenvalue weighted by atomic mass is 14.9. The van der Waals surface area contributed by atoms with E-state index < -0.39 is 0 Å². The largest absolute Gasteiger partial charge is 0.264 e. The van der Waals surface area contributed by atoms with Crippen LogP contribution in [-0.2, 0) is 0 Å². The number of pyridine rings is 1. The van der Waals surface area contributed by atoms with Crippen molar-refractivity contribution in [2.45, 2.75) is 0 Å². The van der Waals surface area contributed by atoms with Crippen LogP contribution >= 0.6 is 0 Å². The van der Waals surface area contributed by atoms with Crippen LogP contribution in [0.15, 0.2) is 140 Å². The van der Waals surface area contributed by atoms with Crippen molar-refractivity contribution in [3.8, 4) is 44.9 Å². The quantitative estimate of drug-likeness (QED) is 0.234. The third-order valence-electron chi connectivity index (χ3n) is 6.95. The van der Waals surface area contributed by atoms with E-state index in [1.54, 1.807) is 6.20 Å². The van der Waals surface area contributed by atoms with E-state index in [4.69, 9.17) is 9.97 Å². The van der Waals surface area contributed by atoms with Gasteiger partial charge in [-0.2, -0.15) is 0 Å². The van der Waals surface area contributed by atoms with Gasteiger partial charge in [-0.1, -0.05) is 109 Å². The Morgan fingerprint density at radius 3 is 1.84 bits per heavy atom. The first-order chi connectivity index (χ1) is 18.8. The average molecular weight is 486 g/mol. The van der Waals surface area contributed by atoms with Crippen LogP contribution in [0.1, 0.15) is 0 Å². The standard InChI is InChI=1S/C35H23N3/c1-3-11-24(12-4-1)31-22-32-33(25-13-5-2-6-14-25)37-35(38-34(32)30-19-8-7-18-29(30)31)27-16-9-15-26(21-27)28-17-10-20-36-23-28/h1-23H. The molecule has 3 heteroatoms. The van der Waals surface area contributed by atoms with Gasteiger partial charge in [0.05, 0.1) is 11.2 Å². The van der Waals surface area contributed by atoms with E-state index in [2.05, 4.69) is 120 Å². The SMILES string of the molecule is c1ccc(-c2cc3c(-c4ccccc4)nc(-c4cccc(-c5cccnc5)c4)nc3c3ccccc23)cc1. The topological polar surface area (TPSA) is 38.7 Å². The van der Waals surface area contributed by atoms with Crippen molar-refractivity contribution in [2.75, 3.05) is 0 Å². The molecule has 0 aliphatic rings. The third kappa shape index (κ3) is 3.91. The molecule has 2 heterocycles. The van der Waals surface area contributed by atoms with Gasteiger partial charge in [0.15, 0.2) is 5.82 Å². The van der Waals surface area contributed by atoms with E-state index in [9.17, 15) is 0 Å². The zero-order valence-corrected chi connectivity index (χ0v) is 20.6. The maximum absolute atomic E-state index is 5.20. The summed E-state index contributed by atoms with van der Waals surface area (Å²) in [4.78, 5) is 14.7. The number of hydrogen-bond donors (Lipinski definition) is 0. The van der Waals surface area contributed by atoms with Crippen LogP contribution in [0.25, 0.3) is 66.6 Å². The Labute approximate surface area is 221 Å². The molecular weight excluding hydrogens is 462 g/mol. The highest BCUT2D eigenvalue weighted by Crippen LogP contribution is 2.39. The average Bonchev–Trinajstić information content (AvgIpc) is 3.01. The molecule has 5 aromatic carbocycles. The second-order valence-corrected chi connectivity index (χ2v) is 9.32. The van der Waals surface area contributed by atoms with Crippen LogP contribution in [0.5, 0.6) is 0 Å². The molecule has 38 heavy (non-hydrogen) atoms. The fourth-order valence-electron chi connectivity index (χ4n) is 5.13. The van der Waals surface area contributed by atoms with Gasteiger partial charge in [0.25, 0.3) is 0 Å². The van der Waals surface area contributed by atoms with Gasteiger partial charge in [0.2, 0.25) is 0 Å². The van der Waals surface area contributed by atoms with Gasteiger partial charge in [-0.05, 0) is 40.3 Å². The van der Waals surface area contributed by atoms with Crippen molar-refractivity contribution >= 4 is 21.7 Å². The summed E-state index contributed by atoms with van der Waals surface area (Å²) in [5.41, 5.74) is 8.44. The molecule has 0 aliphatic heterocycles. The van der Waals surface area contributed by atoms with Gasteiger partial charge in [0, 0.05) is 39.9 Å². The highest BCUT2D eigenvalue weighted by Gasteiger charge is 2.17. The molecule has 0 aliphatic carbocycles. The molecule has 178 valence electrons. The van der Waals surface area contributed by atoms with Gasteiger partial charge in [-0.25, -0.2) is 9.97 Å². The minimum absolute atomic E-state index is 0.708. The Balaban J connectivity index is 1.54. The first-order valence-electron chi connectivity index (χ1n) is 12.7. The first-order valence-corrected chi connectivity index (χ1v) is 12.7. The van der Waals surface area contributed by atoms with E-state index >= 15 is 0 Å². The minimum Gasteiger partial charge on any atom is -0.264 e. The molecule has 0 amide bonds. The molecular formula is C35H23N3. The van der Waals surface area contributed by atoms with Crippen LogP contribution in [0, 0.1) is 0 Å². The molecule has 0 N–H and O–H groups in total. The van der Waals surface area contributed by atoms with Crippen molar-refractivity contribution in [3.05, 3.63) is 140 Å². The maximum atomic E-state index is 5.20. The number of aromatic nitrogens is 3. The number of fused-ring (bicyclic) bond motifs is 3. The Bertz CT molecular complexity index is 1900. The maximum Gasteiger partial charge on any atom is 0.160 e. The van der Waals surface area contributed by atoms with Crippen molar-refractivity contribution in [3.63, 3.8) is 0 Å². The molecule has 0 unspecified atom stereocenters. The Kier molecular flexibility index (Phi) is 5.45. The number of rotatable bonds is 4. The predicted octanol–water partition coefficient (Wildman–Crippen LogP) is 8.85. The zero-order chi connectivity index (χ0) is 25.3. The van der Waals surface area contributed by atoms with E-state index in [0.717, 1.165) is 44.2 Å². The number of benzene rings is 5. The summed E-state index contributed by atoms with van der Waals surface area (Å²) in [5, 5.41) is 3.34. The Morgan fingerprint density at radius 1 is 0.421 bits per heavy atom. The molecule has 0 atom stereocenters. The van der Waals surface area contributed by atoms with E-state index in [0.29, 0.717) is 5.82 Å². The molecule has 2 aromatic heterocycles. The van der Waals surface area contributed by atoms with Gasteiger partial charge in [-0.3, -0.25) is 4.98 Å². The van der Waals surface area contributed by atoms with Crippen LogP contribution in [0.3, 0.4) is 0 Å². The lowest BCUT2D eigenvalue weighted by Crippen LogP contribution is -1.97. The number of nitrogens with zero attached hydrogens (tertiary/aromatic N) is 3. The van der Waals surface area contributed by atoms with Gasteiger partial charge >= 0.3 is 0 Å². The fraction of sp³-hybridized carbons (Fsp3) is 0. The first kappa shape index (κ1) is 22.1. The normalized spacial score (nSPS) is 11.2. The molecule has 0 bridgehead atoms. The van der Waals surface area contributed by atoms with E-state index in [-0.39, 0.29) is 0 Å². The lowest BCUT2D eigenvalue weighted by atomic mass is 9.93. The van der Waals surface area contributed by atoms with Crippen LogP contribution < -0.4 is 0 Å². The summed E-state index contributed by atoms with van der Waals surface area (Å²) in [5.74, 6) is 0.708. The summed E-state index contributed by atoms with van der Waals surface area (Å²) < 4.78 is 0. The smallest absolute Gasteiger partial charge is 0.160 e. The van der Waals surface area contributed by atoms with Gasteiger partial charge in [0.1, 0.15) is 0 Å². The molecule has 3 nitrogen and oxygen atoms in total. The summed E-state index contributed by atoms with van der Waals surface area (Å²) in [6.45, 7) is 0.